The highest BCUT2D eigenvalue weighted by Gasteiger charge is 2.40. The smallest absolute Gasteiger partial charge is 0.251 e. The Morgan fingerprint density at radius 1 is 1.07 bits per heavy atom. The van der Waals surface area contributed by atoms with Gasteiger partial charge in [-0.1, -0.05) is 48.5 Å². The third-order valence-electron chi connectivity index (χ3n) is 5.51. The van der Waals surface area contributed by atoms with Crippen LogP contribution in [-0.2, 0) is 11.3 Å². The highest BCUT2D eigenvalue weighted by Crippen LogP contribution is 2.31. The number of fused-ring (bicyclic) bond motifs is 1. The van der Waals surface area contributed by atoms with Crippen molar-refractivity contribution >= 4 is 5.91 Å². The molecule has 0 bridgehead atoms. The van der Waals surface area contributed by atoms with Crippen molar-refractivity contribution in [3.63, 3.8) is 0 Å². The predicted octanol–water partition coefficient (Wildman–Crippen LogP) is 3.78. The van der Waals surface area contributed by atoms with Crippen molar-refractivity contribution in [2.75, 3.05) is 0 Å². The molecule has 6 nitrogen and oxygen atoms in total. The number of hydrazine groups is 1. The summed E-state index contributed by atoms with van der Waals surface area (Å²) in [5.41, 5.74) is 6.32. The molecule has 0 aliphatic carbocycles. The van der Waals surface area contributed by atoms with Crippen LogP contribution in [0.25, 0.3) is 11.5 Å². The summed E-state index contributed by atoms with van der Waals surface area (Å²) >= 11 is 0. The molecular formula is C23H22N4O2. The zero-order valence-electron chi connectivity index (χ0n) is 16.2. The number of rotatable bonds is 4. The number of amides is 1. The maximum Gasteiger partial charge on any atom is 0.251 e. The second kappa shape index (κ2) is 7.22. The number of carbonyl (C=O) groups is 1. The average Bonchev–Trinajstić information content (AvgIpc) is 3.36. The van der Waals surface area contributed by atoms with Crippen molar-refractivity contribution in [2.45, 2.75) is 32.0 Å². The molecule has 2 unspecified atom stereocenters. The summed E-state index contributed by atoms with van der Waals surface area (Å²) in [6, 6.07) is 19.9. The minimum Gasteiger partial charge on any atom is -0.441 e. The molecule has 2 aliphatic heterocycles. The number of oxazole rings is 1. The minimum atomic E-state index is -0.217. The van der Waals surface area contributed by atoms with E-state index in [1.165, 1.54) is 5.56 Å². The molecule has 0 radical (unpaired) electrons. The third-order valence-corrected chi connectivity index (χ3v) is 5.51. The third kappa shape index (κ3) is 3.32. The summed E-state index contributed by atoms with van der Waals surface area (Å²) in [6.07, 6.45) is 4.48. The van der Waals surface area contributed by atoms with Gasteiger partial charge in [-0.2, -0.15) is 0 Å². The summed E-state index contributed by atoms with van der Waals surface area (Å²) in [4.78, 5) is 19.5. The Balaban J connectivity index is 1.32. The number of carbonyl (C=O) groups excluding carboxylic acids is 1. The zero-order chi connectivity index (χ0) is 19.8. The Morgan fingerprint density at radius 2 is 1.79 bits per heavy atom. The van der Waals surface area contributed by atoms with Crippen LogP contribution in [0.3, 0.4) is 0 Å². The van der Waals surface area contributed by atoms with Crippen LogP contribution >= 0.6 is 0 Å². The molecule has 146 valence electrons. The number of nitrogens with one attached hydrogen (secondary N) is 1. The van der Waals surface area contributed by atoms with Gasteiger partial charge in [-0.15, -0.1) is 0 Å². The van der Waals surface area contributed by atoms with Crippen LogP contribution in [0.1, 0.15) is 29.5 Å². The summed E-state index contributed by atoms with van der Waals surface area (Å²) in [7, 11) is 0. The molecule has 3 aromatic rings. The van der Waals surface area contributed by atoms with E-state index < -0.39 is 0 Å². The number of aromatic nitrogens is 1. The fraction of sp³-hybridized carbons (Fsp3) is 0.217. The quantitative estimate of drug-likeness (QED) is 0.739. The zero-order valence-corrected chi connectivity index (χ0v) is 16.2. The standard InChI is InChI=1S/C23H22N4O2/c1-16-20(24-22(29-16)18-10-6-3-7-11-18)15-26-12-13-27-21(23(26)28)14-19(25-27)17-8-4-2-5-9-17/h2-13,19,21,25H,14-15H2,1H3. The maximum atomic E-state index is 13.1. The van der Waals surface area contributed by atoms with Crippen LogP contribution in [0.2, 0.25) is 0 Å². The second-order valence-electron chi connectivity index (χ2n) is 7.40. The molecule has 1 saturated heterocycles. The van der Waals surface area contributed by atoms with Gasteiger partial charge in [-0.25, -0.2) is 10.4 Å². The van der Waals surface area contributed by atoms with Crippen LogP contribution in [0.5, 0.6) is 0 Å². The molecule has 29 heavy (non-hydrogen) atoms. The molecule has 3 heterocycles. The largest absolute Gasteiger partial charge is 0.441 e. The maximum absolute atomic E-state index is 13.1. The molecule has 6 heteroatoms. The van der Waals surface area contributed by atoms with Crippen LogP contribution in [0.15, 0.2) is 77.5 Å². The molecule has 2 aromatic carbocycles. The van der Waals surface area contributed by atoms with Crippen LogP contribution in [0.4, 0.5) is 0 Å². The van der Waals surface area contributed by atoms with Gasteiger partial charge in [0.2, 0.25) is 5.89 Å². The van der Waals surface area contributed by atoms with E-state index >= 15 is 0 Å². The Hall–Kier alpha value is -3.38. The van der Waals surface area contributed by atoms with Gasteiger partial charge < -0.3 is 14.3 Å². The SMILES string of the molecule is Cc1oc(-c2ccccc2)nc1CN1C=CN2NC(c3ccccc3)CC2C1=O. The first kappa shape index (κ1) is 17.7. The summed E-state index contributed by atoms with van der Waals surface area (Å²) in [5.74, 6) is 1.39. The van der Waals surface area contributed by atoms with Gasteiger partial charge in [0.25, 0.3) is 5.91 Å². The first-order valence-corrected chi connectivity index (χ1v) is 9.79. The molecule has 5 rings (SSSR count). The first-order valence-electron chi connectivity index (χ1n) is 9.79. The number of hydrogen-bond donors (Lipinski definition) is 1. The number of benzene rings is 2. The van der Waals surface area contributed by atoms with Gasteiger partial charge >= 0.3 is 0 Å². The van der Waals surface area contributed by atoms with E-state index in [1.807, 2.05) is 72.9 Å². The molecule has 2 aliphatic rings. The van der Waals surface area contributed by atoms with Crippen LogP contribution in [0, 0.1) is 6.92 Å². The monoisotopic (exact) mass is 386 g/mol. The molecular weight excluding hydrogens is 364 g/mol. The number of aryl methyl sites for hydroxylation is 1. The topological polar surface area (TPSA) is 61.6 Å². The lowest BCUT2D eigenvalue weighted by atomic mass is 10.0. The van der Waals surface area contributed by atoms with Crippen molar-refractivity contribution in [1.29, 1.82) is 0 Å². The number of nitrogens with zero attached hydrogens (tertiary/aromatic N) is 3. The van der Waals surface area contributed by atoms with Gasteiger partial charge in [0.05, 0.1) is 12.6 Å². The van der Waals surface area contributed by atoms with Gasteiger partial charge in [0.1, 0.15) is 17.5 Å². The van der Waals surface area contributed by atoms with Gasteiger partial charge in [0, 0.05) is 18.0 Å². The van der Waals surface area contributed by atoms with Gasteiger partial charge in [0.15, 0.2) is 0 Å². The summed E-state index contributed by atoms with van der Waals surface area (Å²) in [5, 5.41) is 1.92. The van der Waals surface area contributed by atoms with Crippen molar-refractivity contribution in [1.82, 2.24) is 20.3 Å². The van der Waals surface area contributed by atoms with Gasteiger partial charge in [-0.3, -0.25) is 4.79 Å². The summed E-state index contributed by atoms with van der Waals surface area (Å²) in [6.45, 7) is 2.29. The Kier molecular flexibility index (Phi) is 4.41. The van der Waals surface area contributed by atoms with Crippen molar-refractivity contribution in [3.8, 4) is 11.5 Å². The highest BCUT2D eigenvalue weighted by atomic mass is 16.4. The lowest BCUT2D eigenvalue weighted by Gasteiger charge is -2.31. The molecule has 2 atom stereocenters. The molecule has 0 saturated carbocycles. The molecule has 0 spiro atoms. The van der Waals surface area contributed by atoms with Crippen LogP contribution < -0.4 is 5.43 Å². The van der Waals surface area contributed by atoms with E-state index in [0.29, 0.717) is 12.4 Å². The highest BCUT2D eigenvalue weighted by molar-refractivity contribution is 5.84. The van der Waals surface area contributed by atoms with Crippen molar-refractivity contribution in [3.05, 3.63) is 90.1 Å². The van der Waals surface area contributed by atoms with Crippen LogP contribution in [-0.4, -0.2) is 26.8 Å². The molecule has 1 amide bonds. The second-order valence-corrected chi connectivity index (χ2v) is 7.40. The Bertz CT molecular complexity index is 1050. The van der Waals surface area contributed by atoms with E-state index in [1.54, 1.807) is 4.90 Å². The first-order chi connectivity index (χ1) is 14.2. The Labute approximate surface area is 169 Å². The minimum absolute atomic E-state index is 0.0714. The predicted molar refractivity (Wildman–Crippen MR) is 109 cm³/mol. The fourth-order valence-corrected chi connectivity index (χ4v) is 3.91. The van der Waals surface area contributed by atoms with E-state index in [4.69, 9.17) is 4.42 Å². The Morgan fingerprint density at radius 3 is 2.55 bits per heavy atom. The van der Waals surface area contributed by atoms with E-state index in [-0.39, 0.29) is 18.0 Å². The lowest BCUT2D eigenvalue weighted by Crippen LogP contribution is -2.47. The van der Waals surface area contributed by atoms with Crippen molar-refractivity contribution in [2.24, 2.45) is 0 Å². The fourth-order valence-electron chi connectivity index (χ4n) is 3.91. The average molecular weight is 386 g/mol. The van der Waals surface area contributed by atoms with E-state index in [0.717, 1.165) is 23.4 Å². The van der Waals surface area contributed by atoms with E-state index in [2.05, 4.69) is 22.5 Å². The summed E-state index contributed by atoms with van der Waals surface area (Å²) < 4.78 is 5.84. The lowest BCUT2D eigenvalue weighted by molar-refractivity contribution is -0.135. The molecule has 1 N–H and O–H groups in total. The van der Waals surface area contributed by atoms with Gasteiger partial charge in [-0.05, 0) is 31.0 Å². The van der Waals surface area contributed by atoms with Crippen molar-refractivity contribution < 1.29 is 9.21 Å². The molecule has 1 fully saturated rings. The normalized spacial score (nSPS) is 20.9. The molecule has 1 aromatic heterocycles. The van der Waals surface area contributed by atoms with E-state index in [9.17, 15) is 4.79 Å². The number of hydrogen-bond acceptors (Lipinski definition) is 5.